The number of amides is 1. The summed E-state index contributed by atoms with van der Waals surface area (Å²) in [4.78, 5) is 39.9. The second-order valence-electron chi connectivity index (χ2n) is 21.5. The van der Waals surface area contributed by atoms with Crippen LogP contribution in [0.1, 0.15) is 271 Å². The highest BCUT2D eigenvalue weighted by Crippen LogP contribution is 2.38. The SMILES string of the molecule is CCCCC/C=C\C/C=C\C/C=C\CCCCCCC(=O)NC(COP(=O)([O-])OCC[N+](C)(C)C)C(/C=C/CCCCCCCCCCCC)OC(=O)CCCCCCCCC/C=C/CCCCCCCC. The Morgan fingerprint density at radius 1 is 0.486 bits per heavy atom. The Bertz CT molecular complexity index is 1420. The monoisotopic (exact) mass is 1030 g/mol. The summed E-state index contributed by atoms with van der Waals surface area (Å²) in [5.41, 5.74) is 0. The lowest BCUT2D eigenvalue weighted by Gasteiger charge is -2.30. The van der Waals surface area contributed by atoms with E-state index < -0.39 is 26.6 Å². The van der Waals surface area contributed by atoms with E-state index in [2.05, 4.69) is 74.7 Å². The number of phosphoric ester groups is 1. The molecule has 10 heteroatoms. The molecule has 0 saturated heterocycles. The van der Waals surface area contributed by atoms with E-state index in [1.807, 2.05) is 33.3 Å². The van der Waals surface area contributed by atoms with Crippen molar-refractivity contribution in [1.82, 2.24) is 5.32 Å². The molecule has 0 spiro atoms. The van der Waals surface area contributed by atoms with Gasteiger partial charge in [-0.3, -0.25) is 14.2 Å². The number of carbonyl (C=O) groups is 2. The fourth-order valence-electron chi connectivity index (χ4n) is 8.46. The van der Waals surface area contributed by atoms with Crippen LogP contribution in [0.3, 0.4) is 0 Å². The maximum absolute atomic E-state index is 13.5. The molecule has 0 aliphatic rings. The molecule has 0 aromatic heterocycles. The zero-order valence-electron chi connectivity index (χ0n) is 47.9. The van der Waals surface area contributed by atoms with E-state index >= 15 is 0 Å². The third-order valence-electron chi connectivity index (χ3n) is 13.2. The molecule has 0 fully saturated rings. The average molecular weight is 1030 g/mol. The van der Waals surface area contributed by atoms with Crippen LogP contribution in [-0.4, -0.2) is 69.4 Å². The van der Waals surface area contributed by atoms with Gasteiger partial charge in [-0.05, 0) is 96.0 Å². The van der Waals surface area contributed by atoms with Gasteiger partial charge in [0.05, 0.1) is 33.8 Å². The van der Waals surface area contributed by atoms with E-state index in [1.54, 1.807) is 0 Å². The number of allylic oxidation sites excluding steroid dienone is 9. The van der Waals surface area contributed by atoms with Crippen molar-refractivity contribution in [3.05, 3.63) is 60.8 Å². The number of quaternary nitrogens is 1. The van der Waals surface area contributed by atoms with Gasteiger partial charge in [-0.15, -0.1) is 0 Å². The van der Waals surface area contributed by atoms with E-state index in [4.69, 9.17) is 13.8 Å². The predicted molar refractivity (Wildman–Crippen MR) is 307 cm³/mol. The van der Waals surface area contributed by atoms with Crippen molar-refractivity contribution in [2.24, 2.45) is 0 Å². The van der Waals surface area contributed by atoms with Gasteiger partial charge in [-0.2, -0.15) is 0 Å². The number of esters is 1. The van der Waals surface area contributed by atoms with E-state index in [1.165, 1.54) is 141 Å². The van der Waals surface area contributed by atoms with Gasteiger partial charge in [0.1, 0.15) is 19.3 Å². The number of unbranched alkanes of at least 4 members (excludes halogenated alkanes) is 30. The minimum atomic E-state index is -4.70. The van der Waals surface area contributed by atoms with Crippen molar-refractivity contribution in [2.75, 3.05) is 40.9 Å². The van der Waals surface area contributed by atoms with Crippen LogP contribution in [0.5, 0.6) is 0 Å². The Morgan fingerprint density at radius 2 is 0.847 bits per heavy atom. The van der Waals surface area contributed by atoms with E-state index in [-0.39, 0.29) is 31.3 Å². The van der Waals surface area contributed by atoms with Crippen LogP contribution in [0.25, 0.3) is 0 Å². The lowest BCUT2D eigenvalue weighted by molar-refractivity contribution is -0.870. The van der Waals surface area contributed by atoms with Crippen LogP contribution >= 0.6 is 7.82 Å². The standard InChI is InChI=1S/C62H115N2O7P/c1-7-10-13-16-19-22-25-28-30-32-34-36-39-42-45-48-51-54-61(65)63-59(58-70-72(67,68)69-57-56-64(4,5)6)60(53-50-47-44-41-38-27-24-21-18-15-12-9-3)71-62(66)55-52-49-46-43-40-37-35-33-31-29-26-23-20-17-14-11-8-2/h19,22,28-31,34,36,50,53,59-60H,7-18,20-21,23-27,32-33,35,37-49,51-52,54-58H2,1-6H3,(H-,63,65,67,68)/b22-19-,30-28-,31-29+,36-34-,53-50+. The zero-order valence-corrected chi connectivity index (χ0v) is 48.8. The second kappa shape index (κ2) is 52.2. The molecule has 0 bridgehead atoms. The van der Waals surface area contributed by atoms with Crippen molar-refractivity contribution in [2.45, 2.75) is 283 Å². The van der Waals surface area contributed by atoms with Gasteiger partial charge in [0, 0.05) is 12.8 Å². The van der Waals surface area contributed by atoms with Crippen LogP contribution in [-0.2, 0) is 27.9 Å². The molecule has 0 aromatic carbocycles. The minimum absolute atomic E-state index is 0.0286. The molecular formula is C62H115N2O7P. The van der Waals surface area contributed by atoms with Crippen LogP contribution in [0.4, 0.5) is 0 Å². The van der Waals surface area contributed by atoms with Crippen LogP contribution in [0.15, 0.2) is 60.8 Å². The number of hydrogen-bond donors (Lipinski definition) is 1. The molecule has 1 amide bonds. The zero-order chi connectivity index (χ0) is 52.9. The van der Waals surface area contributed by atoms with E-state index in [0.29, 0.717) is 17.4 Å². The third kappa shape index (κ3) is 52.6. The maximum atomic E-state index is 13.5. The molecule has 0 aliphatic heterocycles. The molecule has 0 heterocycles. The summed E-state index contributed by atoms with van der Waals surface area (Å²) in [6, 6.07) is -0.902. The Morgan fingerprint density at radius 3 is 1.31 bits per heavy atom. The van der Waals surface area contributed by atoms with Crippen LogP contribution in [0, 0.1) is 0 Å². The number of ether oxygens (including phenoxy) is 1. The summed E-state index contributed by atoms with van der Waals surface area (Å²) in [7, 11) is 1.17. The maximum Gasteiger partial charge on any atom is 0.306 e. The molecule has 0 saturated carbocycles. The highest BCUT2D eigenvalue weighted by Gasteiger charge is 2.27. The molecule has 9 nitrogen and oxygen atoms in total. The average Bonchev–Trinajstić information content (AvgIpc) is 3.34. The number of phosphoric acid groups is 1. The Kier molecular flexibility index (Phi) is 50.5. The van der Waals surface area contributed by atoms with E-state index in [0.717, 1.165) is 89.9 Å². The number of nitrogens with one attached hydrogen (secondary N) is 1. The van der Waals surface area contributed by atoms with Gasteiger partial charge in [0.25, 0.3) is 7.82 Å². The lowest BCUT2D eigenvalue weighted by Crippen LogP contribution is -2.47. The fourth-order valence-corrected chi connectivity index (χ4v) is 9.19. The first-order valence-corrected chi connectivity index (χ1v) is 31.6. The van der Waals surface area contributed by atoms with Gasteiger partial charge in [0.2, 0.25) is 5.91 Å². The lowest BCUT2D eigenvalue weighted by atomic mass is 10.0. The van der Waals surface area contributed by atoms with Crippen molar-refractivity contribution in [1.29, 1.82) is 0 Å². The molecule has 0 rings (SSSR count). The quantitative estimate of drug-likeness (QED) is 0.0212. The molecule has 3 atom stereocenters. The molecule has 0 aromatic rings. The topological polar surface area (TPSA) is 114 Å². The second-order valence-corrected chi connectivity index (χ2v) is 22.9. The van der Waals surface area contributed by atoms with Crippen molar-refractivity contribution in [3.8, 4) is 0 Å². The Balaban J connectivity index is 5.35. The molecular weight excluding hydrogens is 916 g/mol. The summed E-state index contributed by atoms with van der Waals surface area (Å²) in [6.07, 6.45) is 64.6. The molecule has 0 radical (unpaired) electrons. The molecule has 72 heavy (non-hydrogen) atoms. The van der Waals surface area contributed by atoms with Gasteiger partial charge in [-0.1, -0.05) is 223 Å². The highest BCUT2D eigenvalue weighted by atomic mass is 31.2. The number of hydrogen-bond acceptors (Lipinski definition) is 7. The van der Waals surface area contributed by atoms with E-state index in [9.17, 15) is 19.0 Å². The molecule has 3 unspecified atom stereocenters. The highest BCUT2D eigenvalue weighted by molar-refractivity contribution is 7.45. The molecule has 0 aliphatic carbocycles. The Labute approximate surface area is 445 Å². The van der Waals surface area contributed by atoms with Crippen molar-refractivity contribution in [3.63, 3.8) is 0 Å². The minimum Gasteiger partial charge on any atom is -0.756 e. The molecule has 1 N–H and O–H groups in total. The van der Waals surface area contributed by atoms with Crippen molar-refractivity contribution >= 4 is 19.7 Å². The van der Waals surface area contributed by atoms with Crippen LogP contribution < -0.4 is 10.2 Å². The normalized spacial score (nSPS) is 14.2. The molecule has 420 valence electrons. The predicted octanol–water partition coefficient (Wildman–Crippen LogP) is 17.6. The number of nitrogens with zero attached hydrogens (tertiary/aromatic N) is 1. The summed E-state index contributed by atoms with van der Waals surface area (Å²) in [6.45, 7) is 6.79. The first kappa shape index (κ1) is 69.7. The van der Waals surface area contributed by atoms with Gasteiger partial charge >= 0.3 is 5.97 Å². The largest absolute Gasteiger partial charge is 0.756 e. The summed E-state index contributed by atoms with van der Waals surface area (Å²) in [5, 5.41) is 3.01. The summed E-state index contributed by atoms with van der Waals surface area (Å²) in [5.74, 6) is -0.568. The Hall–Kier alpha value is -2.29. The number of likely N-dealkylation sites (N-methyl/N-ethyl adjacent to an activating group) is 1. The first-order valence-electron chi connectivity index (χ1n) is 30.1. The number of carbonyl (C=O) groups excluding carboxylic acids is 2. The van der Waals surface area contributed by atoms with Gasteiger partial charge in [-0.25, -0.2) is 0 Å². The smallest absolute Gasteiger partial charge is 0.306 e. The van der Waals surface area contributed by atoms with Crippen molar-refractivity contribution < 1.29 is 37.3 Å². The van der Waals surface area contributed by atoms with Crippen LogP contribution in [0.2, 0.25) is 0 Å². The first-order chi connectivity index (χ1) is 34.9. The van der Waals surface area contributed by atoms with Gasteiger partial charge < -0.3 is 28.5 Å². The van der Waals surface area contributed by atoms with Gasteiger partial charge in [0.15, 0.2) is 0 Å². The number of rotatable bonds is 54. The third-order valence-corrected chi connectivity index (χ3v) is 14.1. The summed E-state index contributed by atoms with van der Waals surface area (Å²) >= 11 is 0. The fraction of sp³-hybridized carbons (Fsp3) is 0.806. The summed E-state index contributed by atoms with van der Waals surface area (Å²) < 4.78 is 30.3.